The lowest BCUT2D eigenvalue weighted by Crippen LogP contribution is -2.41. The van der Waals surface area contributed by atoms with Gasteiger partial charge in [-0.1, -0.05) is 19.8 Å². The first-order valence-corrected chi connectivity index (χ1v) is 6.20. The molecule has 15 heavy (non-hydrogen) atoms. The maximum atomic E-state index is 6.33. The van der Waals surface area contributed by atoms with Crippen molar-refractivity contribution in [2.24, 2.45) is 5.73 Å². The van der Waals surface area contributed by atoms with Gasteiger partial charge in [-0.15, -0.1) is 0 Å². The Kier molecular flexibility index (Phi) is 5.58. The third-order valence-electron chi connectivity index (χ3n) is 3.58. The van der Waals surface area contributed by atoms with Crippen LogP contribution in [0.1, 0.15) is 39.0 Å². The van der Waals surface area contributed by atoms with Crippen molar-refractivity contribution in [1.29, 1.82) is 0 Å². The molecule has 0 bridgehead atoms. The average molecular weight is 214 g/mol. The Balaban J connectivity index is 2.20. The summed E-state index contributed by atoms with van der Waals surface area (Å²) in [6.07, 6.45) is 6.22. The molecule has 0 unspecified atom stereocenters. The molecule has 3 nitrogen and oxygen atoms in total. The van der Waals surface area contributed by atoms with Gasteiger partial charge in [0.05, 0.1) is 6.61 Å². The first kappa shape index (κ1) is 12.9. The van der Waals surface area contributed by atoms with Gasteiger partial charge in [0.1, 0.15) is 0 Å². The van der Waals surface area contributed by atoms with Crippen molar-refractivity contribution >= 4 is 0 Å². The van der Waals surface area contributed by atoms with Gasteiger partial charge in [-0.3, -0.25) is 0 Å². The van der Waals surface area contributed by atoms with Crippen LogP contribution in [0.5, 0.6) is 0 Å². The van der Waals surface area contributed by atoms with E-state index in [9.17, 15) is 0 Å². The second-order valence-electron chi connectivity index (χ2n) is 4.75. The molecular formula is C12H26N2O. The van der Waals surface area contributed by atoms with E-state index in [4.69, 9.17) is 10.5 Å². The summed E-state index contributed by atoms with van der Waals surface area (Å²) in [5.41, 5.74) is 6.47. The van der Waals surface area contributed by atoms with E-state index in [0.717, 1.165) is 32.7 Å². The zero-order chi connectivity index (χ0) is 11.1. The molecule has 0 heterocycles. The molecule has 0 spiro atoms. The summed E-state index contributed by atoms with van der Waals surface area (Å²) < 4.78 is 5.10. The molecule has 1 rings (SSSR count). The van der Waals surface area contributed by atoms with Gasteiger partial charge in [0.15, 0.2) is 0 Å². The highest BCUT2D eigenvalue weighted by molar-refractivity contribution is 4.89. The molecule has 0 aromatic heterocycles. The van der Waals surface area contributed by atoms with Gasteiger partial charge in [-0.2, -0.15) is 0 Å². The summed E-state index contributed by atoms with van der Waals surface area (Å²) in [4.78, 5) is 2.43. The van der Waals surface area contributed by atoms with Crippen molar-refractivity contribution in [1.82, 2.24) is 4.90 Å². The largest absolute Gasteiger partial charge is 0.383 e. The predicted octanol–water partition coefficient (Wildman–Crippen LogP) is 1.62. The Morgan fingerprint density at radius 2 is 1.93 bits per heavy atom. The lowest BCUT2D eigenvalue weighted by atomic mass is 9.94. The topological polar surface area (TPSA) is 38.5 Å². The summed E-state index contributed by atoms with van der Waals surface area (Å²) in [6.45, 7) is 6.28. The average Bonchev–Trinajstić information content (AvgIpc) is 2.66. The summed E-state index contributed by atoms with van der Waals surface area (Å²) in [5.74, 6) is 0. The van der Waals surface area contributed by atoms with Gasteiger partial charge in [0, 0.05) is 19.2 Å². The standard InChI is InChI=1S/C12H26N2O/c1-3-14(10-11-15-2)9-8-12(13)6-4-5-7-12/h3-11,13H2,1-2H3. The van der Waals surface area contributed by atoms with Crippen LogP contribution in [0.25, 0.3) is 0 Å². The highest BCUT2D eigenvalue weighted by Gasteiger charge is 2.29. The molecule has 0 radical (unpaired) electrons. The molecule has 1 aliphatic rings. The molecular weight excluding hydrogens is 188 g/mol. The van der Waals surface area contributed by atoms with E-state index in [2.05, 4.69) is 11.8 Å². The van der Waals surface area contributed by atoms with Crippen molar-refractivity contribution in [2.75, 3.05) is 33.4 Å². The van der Waals surface area contributed by atoms with Crippen LogP contribution in [0.2, 0.25) is 0 Å². The van der Waals surface area contributed by atoms with E-state index in [1.807, 2.05) is 0 Å². The van der Waals surface area contributed by atoms with E-state index < -0.39 is 0 Å². The Morgan fingerprint density at radius 1 is 1.27 bits per heavy atom. The number of hydrogen-bond acceptors (Lipinski definition) is 3. The molecule has 2 N–H and O–H groups in total. The summed E-state index contributed by atoms with van der Waals surface area (Å²) in [5, 5.41) is 0. The number of rotatable bonds is 7. The molecule has 0 saturated heterocycles. The van der Waals surface area contributed by atoms with Gasteiger partial charge < -0.3 is 15.4 Å². The molecule has 1 saturated carbocycles. The minimum absolute atomic E-state index is 0.139. The molecule has 0 aliphatic heterocycles. The molecule has 0 aromatic rings. The van der Waals surface area contributed by atoms with Crippen molar-refractivity contribution < 1.29 is 4.74 Å². The third kappa shape index (κ3) is 4.49. The fourth-order valence-electron chi connectivity index (χ4n) is 2.36. The summed E-state index contributed by atoms with van der Waals surface area (Å²) in [7, 11) is 1.76. The number of likely N-dealkylation sites (N-methyl/N-ethyl adjacent to an activating group) is 1. The van der Waals surface area contributed by atoms with Crippen LogP contribution >= 0.6 is 0 Å². The highest BCUT2D eigenvalue weighted by atomic mass is 16.5. The molecule has 1 aliphatic carbocycles. The lowest BCUT2D eigenvalue weighted by molar-refractivity contribution is 0.144. The van der Waals surface area contributed by atoms with Crippen LogP contribution in [-0.2, 0) is 4.74 Å². The predicted molar refractivity (Wildman–Crippen MR) is 64.0 cm³/mol. The van der Waals surface area contributed by atoms with Gasteiger partial charge >= 0.3 is 0 Å². The Hall–Kier alpha value is -0.120. The fourth-order valence-corrected chi connectivity index (χ4v) is 2.36. The van der Waals surface area contributed by atoms with Crippen molar-refractivity contribution in [3.63, 3.8) is 0 Å². The van der Waals surface area contributed by atoms with Crippen molar-refractivity contribution in [3.8, 4) is 0 Å². The van der Waals surface area contributed by atoms with E-state index >= 15 is 0 Å². The van der Waals surface area contributed by atoms with Crippen molar-refractivity contribution in [2.45, 2.75) is 44.6 Å². The SMILES string of the molecule is CCN(CCOC)CCC1(N)CCCC1. The van der Waals surface area contributed by atoms with Crippen molar-refractivity contribution in [3.05, 3.63) is 0 Å². The zero-order valence-corrected chi connectivity index (χ0v) is 10.3. The van der Waals surface area contributed by atoms with E-state index in [0.29, 0.717) is 0 Å². The van der Waals surface area contributed by atoms with Gasteiger partial charge in [-0.25, -0.2) is 0 Å². The van der Waals surface area contributed by atoms with Crippen LogP contribution < -0.4 is 5.73 Å². The molecule has 0 amide bonds. The van der Waals surface area contributed by atoms with Crippen LogP contribution in [0, 0.1) is 0 Å². The molecule has 3 heteroatoms. The Bertz CT molecular complexity index is 167. The Morgan fingerprint density at radius 3 is 2.47 bits per heavy atom. The zero-order valence-electron chi connectivity index (χ0n) is 10.3. The molecule has 0 aromatic carbocycles. The monoisotopic (exact) mass is 214 g/mol. The Labute approximate surface area is 94.0 Å². The van der Waals surface area contributed by atoms with Gasteiger partial charge in [0.2, 0.25) is 0 Å². The van der Waals surface area contributed by atoms with E-state index in [1.165, 1.54) is 25.7 Å². The third-order valence-corrected chi connectivity index (χ3v) is 3.58. The second-order valence-corrected chi connectivity index (χ2v) is 4.75. The van der Waals surface area contributed by atoms with Crippen LogP contribution in [-0.4, -0.2) is 43.8 Å². The van der Waals surface area contributed by atoms with Gasteiger partial charge in [-0.05, 0) is 32.4 Å². The number of nitrogens with zero attached hydrogens (tertiary/aromatic N) is 1. The lowest BCUT2D eigenvalue weighted by Gasteiger charge is -2.28. The van der Waals surface area contributed by atoms with E-state index in [1.54, 1.807) is 7.11 Å². The fraction of sp³-hybridized carbons (Fsp3) is 1.00. The second kappa shape index (κ2) is 6.46. The first-order valence-electron chi connectivity index (χ1n) is 6.20. The molecule has 1 fully saturated rings. The first-order chi connectivity index (χ1) is 7.20. The van der Waals surface area contributed by atoms with Crippen LogP contribution in [0.4, 0.5) is 0 Å². The van der Waals surface area contributed by atoms with Crippen LogP contribution in [0.3, 0.4) is 0 Å². The van der Waals surface area contributed by atoms with E-state index in [-0.39, 0.29) is 5.54 Å². The van der Waals surface area contributed by atoms with Crippen LogP contribution in [0.15, 0.2) is 0 Å². The smallest absolute Gasteiger partial charge is 0.0589 e. The minimum atomic E-state index is 0.139. The molecule has 0 atom stereocenters. The normalized spacial score (nSPS) is 20.0. The highest BCUT2D eigenvalue weighted by Crippen LogP contribution is 2.29. The minimum Gasteiger partial charge on any atom is -0.383 e. The summed E-state index contributed by atoms with van der Waals surface area (Å²) >= 11 is 0. The maximum Gasteiger partial charge on any atom is 0.0589 e. The number of nitrogens with two attached hydrogens (primary N) is 1. The number of ether oxygens (including phenoxy) is 1. The number of hydrogen-bond donors (Lipinski definition) is 1. The molecule has 90 valence electrons. The summed E-state index contributed by atoms with van der Waals surface area (Å²) in [6, 6.07) is 0. The number of methoxy groups -OCH3 is 1. The quantitative estimate of drug-likeness (QED) is 0.700. The van der Waals surface area contributed by atoms with Gasteiger partial charge in [0.25, 0.3) is 0 Å². The maximum absolute atomic E-state index is 6.33.